The molecule has 1 aromatic heterocycles. The summed E-state index contributed by atoms with van der Waals surface area (Å²) in [7, 11) is -7.55. The van der Waals surface area contributed by atoms with Crippen molar-refractivity contribution in [2.45, 2.75) is 44.7 Å². The van der Waals surface area contributed by atoms with Gasteiger partial charge in [-0.1, -0.05) is 19.4 Å². The molecule has 0 atom stereocenters. The molecule has 0 aliphatic rings. The fourth-order valence-corrected chi connectivity index (χ4v) is 3.74. The van der Waals surface area contributed by atoms with Gasteiger partial charge in [-0.25, -0.2) is 13.1 Å². The van der Waals surface area contributed by atoms with E-state index in [2.05, 4.69) is 9.71 Å². The van der Waals surface area contributed by atoms with E-state index >= 15 is 0 Å². The lowest BCUT2D eigenvalue weighted by atomic mass is 10.4. The van der Waals surface area contributed by atoms with Crippen LogP contribution in [-0.2, 0) is 20.1 Å². The van der Waals surface area contributed by atoms with E-state index in [1.54, 1.807) is 13.8 Å². The summed E-state index contributed by atoms with van der Waals surface area (Å²) in [4.78, 5) is 3.74. The molecule has 0 amide bonds. The summed E-state index contributed by atoms with van der Waals surface area (Å²) < 4.78 is 54.4. The van der Waals surface area contributed by atoms with Gasteiger partial charge in [0.25, 0.3) is 10.0 Å². The van der Waals surface area contributed by atoms with Crippen molar-refractivity contribution >= 4 is 20.1 Å². The summed E-state index contributed by atoms with van der Waals surface area (Å²) in [6.45, 7) is 5.21. The Morgan fingerprint density at radius 3 is 2.48 bits per heavy atom. The van der Waals surface area contributed by atoms with E-state index in [-0.39, 0.29) is 22.7 Å². The van der Waals surface area contributed by atoms with Crippen molar-refractivity contribution in [2.24, 2.45) is 0 Å². The molecule has 1 N–H and O–H groups in total. The van der Waals surface area contributed by atoms with Crippen molar-refractivity contribution < 1.29 is 21.0 Å². The predicted molar refractivity (Wildman–Crippen MR) is 79.0 cm³/mol. The number of rotatable bonds is 8. The van der Waals surface area contributed by atoms with Crippen molar-refractivity contribution in [3.05, 3.63) is 18.2 Å². The van der Waals surface area contributed by atoms with Gasteiger partial charge in [0, 0.05) is 12.1 Å². The first-order chi connectivity index (χ1) is 9.66. The third-order valence-electron chi connectivity index (χ3n) is 2.32. The largest absolute Gasteiger partial charge is 0.362 e. The van der Waals surface area contributed by atoms with Gasteiger partial charge in [-0.05, 0) is 26.3 Å². The number of nitrogens with zero attached hydrogens (tertiary/aromatic N) is 1. The highest BCUT2D eigenvalue weighted by Crippen LogP contribution is 2.15. The van der Waals surface area contributed by atoms with Crippen LogP contribution in [0.3, 0.4) is 0 Å². The van der Waals surface area contributed by atoms with E-state index in [0.29, 0.717) is 12.8 Å². The molecule has 0 fully saturated rings. The second kappa shape index (κ2) is 7.19. The lowest BCUT2D eigenvalue weighted by Crippen LogP contribution is -2.31. The number of aromatic nitrogens is 1. The minimum Gasteiger partial charge on any atom is -0.362 e. The smallest absolute Gasteiger partial charge is 0.310 e. The second-order valence-electron chi connectivity index (χ2n) is 4.79. The molecule has 0 aliphatic heterocycles. The van der Waals surface area contributed by atoms with Gasteiger partial charge in [-0.15, -0.1) is 0 Å². The molecule has 21 heavy (non-hydrogen) atoms. The van der Waals surface area contributed by atoms with E-state index in [4.69, 9.17) is 4.18 Å². The lowest BCUT2D eigenvalue weighted by molar-refractivity contribution is 0.469. The molecule has 9 heteroatoms. The van der Waals surface area contributed by atoms with Gasteiger partial charge in [0.2, 0.25) is 5.88 Å². The molecule has 0 aliphatic carbocycles. The number of hydrogen-bond acceptors (Lipinski definition) is 6. The van der Waals surface area contributed by atoms with E-state index < -0.39 is 20.1 Å². The number of pyridine rings is 1. The molecule has 7 nitrogen and oxygen atoms in total. The molecule has 120 valence electrons. The number of unbranched alkanes of at least 4 members (excludes halogenated alkanes) is 1. The Kier molecular flexibility index (Phi) is 6.11. The Morgan fingerprint density at radius 1 is 1.24 bits per heavy atom. The fraction of sp³-hybridized carbons (Fsp3) is 0.583. The van der Waals surface area contributed by atoms with Crippen molar-refractivity contribution in [2.75, 3.05) is 5.75 Å². The molecule has 0 radical (unpaired) electrons. The zero-order chi connectivity index (χ0) is 16.1. The van der Waals surface area contributed by atoms with Crippen LogP contribution in [0.1, 0.15) is 33.6 Å². The monoisotopic (exact) mass is 336 g/mol. The van der Waals surface area contributed by atoms with Crippen molar-refractivity contribution in [1.29, 1.82) is 0 Å². The van der Waals surface area contributed by atoms with E-state index in [0.717, 1.165) is 0 Å². The van der Waals surface area contributed by atoms with E-state index in [1.165, 1.54) is 18.2 Å². The standard InChI is InChI=1S/C12H20N2O5S2/c1-4-5-9-20(15,16)19-11-7-6-8-12(13-11)21(17,18)14-10(2)3/h6-8,10,14H,4-5,9H2,1-3H3. The Hall–Kier alpha value is -1.19. The number of hydrogen-bond donors (Lipinski definition) is 1. The van der Waals surface area contributed by atoms with Crippen LogP contribution in [0.4, 0.5) is 0 Å². The number of nitrogens with one attached hydrogen (secondary N) is 1. The average molecular weight is 336 g/mol. The Balaban J connectivity index is 2.96. The highest BCUT2D eigenvalue weighted by molar-refractivity contribution is 7.89. The Morgan fingerprint density at radius 2 is 1.90 bits per heavy atom. The first-order valence-electron chi connectivity index (χ1n) is 6.58. The average Bonchev–Trinajstić information content (AvgIpc) is 2.35. The predicted octanol–water partition coefficient (Wildman–Crippen LogP) is 1.28. The van der Waals surface area contributed by atoms with Crippen LogP contribution in [0, 0.1) is 0 Å². The highest BCUT2D eigenvalue weighted by Gasteiger charge is 2.19. The zero-order valence-corrected chi connectivity index (χ0v) is 13.9. The summed E-state index contributed by atoms with van der Waals surface area (Å²) >= 11 is 0. The maximum atomic E-state index is 12.0. The molecule has 0 saturated heterocycles. The highest BCUT2D eigenvalue weighted by atomic mass is 32.2. The van der Waals surface area contributed by atoms with Crippen molar-refractivity contribution in [3.63, 3.8) is 0 Å². The molecule has 1 aromatic rings. The van der Waals surface area contributed by atoms with Crippen LogP contribution in [-0.4, -0.2) is 33.6 Å². The maximum absolute atomic E-state index is 12.0. The van der Waals surface area contributed by atoms with Gasteiger partial charge in [0.1, 0.15) is 0 Å². The summed E-state index contributed by atoms with van der Waals surface area (Å²) in [5, 5.41) is -0.278. The van der Waals surface area contributed by atoms with Gasteiger partial charge in [-0.2, -0.15) is 13.4 Å². The van der Waals surface area contributed by atoms with E-state index in [9.17, 15) is 16.8 Å². The molecular weight excluding hydrogens is 316 g/mol. The summed E-state index contributed by atoms with van der Waals surface area (Å²) in [5.41, 5.74) is 0. The molecular formula is C12H20N2O5S2. The molecule has 1 heterocycles. The Labute approximate surface area is 125 Å². The molecule has 1 rings (SSSR count). The second-order valence-corrected chi connectivity index (χ2v) is 8.14. The molecule has 0 spiro atoms. The minimum absolute atomic E-state index is 0.133. The van der Waals surface area contributed by atoms with E-state index in [1.807, 2.05) is 6.92 Å². The normalized spacial score (nSPS) is 12.6. The SMILES string of the molecule is CCCCS(=O)(=O)Oc1cccc(S(=O)(=O)NC(C)C)n1. The first-order valence-corrected chi connectivity index (χ1v) is 9.64. The van der Waals surface area contributed by atoms with Gasteiger partial charge in [0.15, 0.2) is 5.03 Å². The van der Waals surface area contributed by atoms with Gasteiger partial charge < -0.3 is 4.18 Å². The first kappa shape index (κ1) is 17.9. The number of sulfonamides is 1. The quantitative estimate of drug-likeness (QED) is 0.717. The van der Waals surface area contributed by atoms with Gasteiger partial charge in [0.05, 0.1) is 5.75 Å². The fourth-order valence-electron chi connectivity index (χ4n) is 1.46. The van der Waals surface area contributed by atoms with Crippen LogP contribution in [0.15, 0.2) is 23.2 Å². The van der Waals surface area contributed by atoms with Crippen LogP contribution < -0.4 is 8.91 Å². The topological polar surface area (TPSA) is 102 Å². The molecule has 0 bridgehead atoms. The summed E-state index contributed by atoms with van der Waals surface area (Å²) in [6.07, 6.45) is 1.18. The van der Waals surface area contributed by atoms with Crippen molar-refractivity contribution in [1.82, 2.24) is 9.71 Å². The minimum atomic E-state index is -3.79. The molecule has 0 unspecified atom stereocenters. The van der Waals surface area contributed by atoms with Crippen LogP contribution in [0.2, 0.25) is 0 Å². The van der Waals surface area contributed by atoms with Crippen molar-refractivity contribution in [3.8, 4) is 5.88 Å². The van der Waals surface area contributed by atoms with Crippen LogP contribution in [0.5, 0.6) is 5.88 Å². The lowest BCUT2D eigenvalue weighted by Gasteiger charge is -2.10. The zero-order valence-electron chi connectivity index (χ0n) is 12.2. The molecule has 0 aromatic carbocycles. The summed E-state index contributed by atoms with van der Waals surface area (Å²) in [6, 6.07) is 3.66. The summed E-state index contributed by atoms with van der Waals surface area (Å²) in [5.74, 6) is -0.385. The van der Waals surface area contributed by atoms with Gasteiger partial charge in [-0.3, -0.25) is 0 Å². The molecule has 0 saturated carbocycles. The van der Waals surface area contributed by atoms with Crippen LogP contribution >= 0.6 is 0 Å². The third-order valence-corrected chi connectivity index (χ3v) is 5.10. The van der Waals surface area contributed by atoms with Crippen LogP contribution in [0.25, 0.3) is 0 Å². The Bertz CT molecular complexity index is 669. The van der Waals surface area contributed by atoms with Gasteiger partial charge >= 0.3 is 10.1 Å². The third kappa shape index (κ3) is 5.98. The maximum Gasteiger partial charge on any atom is 0.310 e.